The van der Waals surface area contributed by atoms with Crippen LogP contribution >= 0.6 is 15.9 Å². The lowest BCUT2D eigenvalue weighted by Gasteiger charge is -2.09. The summed E-state index contributed by atoms with van der Waals surface area (Å²) in [6, 6.07) is 18.9. The van der Waals surface area contributed by atoms with Gasteiger partial charge in [-0.25, -0.2) is 0 Å². The first kappa shape index (κ1) is 14.2. The van der Waals surface area contributed by atoms with E-state index in [1.165, 1.54) is 27.5 Å². The highest BCUT2D eigenvalue weighted by Gasteiger charge is 2.02. The Balaban J connectivity index is 1.80. The first-order chi connectivity index (χ1) is 10.1. The molecule has 0 radical (unpaired) electrons. The van der Waals surface area contributed by atoms with Crippen molar-refractivity contribution in [3.8, 4) is 5.75 Å². The molecular weight excluding hydrogens is 324 g/mol. The number of hydrogen-bond donors (Lipinski definition) is 0. The molecule has 0 saturated heterocycles. The van der Waals surface area contributed by atoms with Gasteiger partial charge in [0.2, 0.25) is 0 Å². The SMILES string of the molecule is Cc1ccc(COc2ccc3c(Br)cccc3c2)cc1C. The van der Waals surface area contributed by atoms with Crippen molar-refractivity contribution >= 4 is 26.7 Å². The van der Waals surface area contributed by atoms with Gasteiger partial charge in [-0.3, -0.25) is 0 Å². The molecule has 0 aliphatic rings. The molecule has 21 heavy (non-hydrogen) atoms. The van der Waals surface area contributed by atoms with Gasteiger partial charge >= 0.3 is 0 Å². The largest absolute Gasteiger partial charge is 0.489 e. The Kier molecular flexibility index (Phi) is 3.98. The minimum absolute atomic E-state index is 0.598. The van der Waals surface area contributed by atoms with Crippen LogP contribution < -0.4 is 4.74 Å². The normalized spacial score (nSPS) is 10.8. The third kappa shape index (κ3) is 3.11. The molecule has 0 fully saturated rings. The fourth-order valence-electron chi connectivity index (χ4n) is 2.37. The summed E-state index contributed by atoms with van der Waals surface area (Å²) < 4.78 is 7.03. The smallest absolute Gasteiger partial charge is 0.120 e. The average Bonchev–Trinajstić information content (AvgIpc) is 2.49. The van der Waals surface area contributed by atoms with E-state index in [4.69, 9.17) is 4.74 Å². The van der Waals surface area contributed by atoms with Gasteiger partial charge in [-0.2, -0.15) is 0 Å². The van der Waals surface area contributed by atoms with Crippen LogP contribution in [0.25, 0.3) is 10.8 Å². The number of fused-ring (bicyclic) bond motifs is 1. The summed E-state index contributed by atoms with van der Waals surface area (Å²) in [6.45, 7) is 4.86. The van der Waals surface area contributed by atoms with Crippen molar-refractivity contribution in [1.82, 2.24) is 0 Å². The van der Waals surface area contributed by atoms with E-state index in [1.54, 1.807) is 0 Å². The zero-order valence-corrected chi connectivity index (χ0v) is 13.8. The number of rotatable bonds is 3. The maximum atomic E-state index is 5.92. The third-order valence-corrected chi connectivity index (χ3v) is 4.47. The fourth-order valence-corrected chi connectivity index (χ4v) is 2.89. The van der Waals surface area contributed by atoms with Gasteiger partial charge in [-0.1, -0.05) is 46.3 Å². The Labute approximate surface area is 133 Å². The molecule has 0 aliphatic heterocycles. The van der Waals surface area contributed by atoms with Gasteiger partial charge in [0, 0.05) is 4.47 Å². The first-order valence-electron chi connectivity index (χ1n) is 7.01. The average molecular weight is 341 g/mol. The number of benzene rings is 3. The summed E-state index contributed by atoms with van der Waals surface area (Å²) in [5, 5.41) is 2.39. The molecule has 0 heterocycles. The Bertz CT molecular complexity index is 793. The van der Waals surface area contributed by atoms with Crippen molar-refractivity contribution in [3.05, 3.63) is 75.8 Å². The van der Waals surface area contributed by atoms with Crippen LogP contribution in [0, 0.1) is 13.8 Å². The predicted octanol–water partition coefficient (Wildman–Crippen LogP) is 5.80. The summed E-state index contributed by atoms with van der Waals surface area (Å²) in [6.07, 6.45) is 0. The van der Waals surface area contributed by atoms with Crippen molar-refractivity contribution in [2.75, 3.05) is 0 Å². The Morgan fingerprint density at radius 1 is 0.905 bits per heavy atom. The molecule has 0 amide bonds. The van der Waals surface area contributed by atoms with Crippen LogP contribution in [0.1, 0.15) is 16.7 Å². The van der Waals surface area contributed by atoms with E-state index in [0.717, 1.165) is 10.2 Å². The maximum absolute atomic E-state index is 5.92. The van der Waals surface area contributed by atoms with Gasteiger partial charge in [-0.15, -0.1) is 0 Å². The van der Waals surface area contributed by atoms with Crippen LogP contribution in [-0.4, -0.2) is 0 Å². The van der Waals surface area contributed by atoms with Crippen LogP contribution in [0.4, 0.5) is 0 Å². The highest BCUT2D eigenvalue weighted by molar-refractivity contribution is 9.10. The second-order valence-electron chi connectivity index (χ2n) is 5.33. The lowest BCUT2D eigenvalue weighted by molar-refractivity contribution is 0.306. The molecule has 106 valence electrons. The molecule has 0 saturated carbocycles. The Morgan fingerprint density at radius 3 is 2.57 bits per heavy atom. The van der Waals surface area contributed by atoms with E-state index in [-0.39, 0.29) is 0 Å². The first-order valence-corrected chi connectivity index (χ1v) is 7.80. The molecule has 0 bridgehead atoms. The molecule has 3 aromatic carbocycles. The van der Waals surface area contributed by atoms with Gasteiger partial charge < -0.3 is 4.74 Å². The fraction of sp³-hybridized carbons (Fsp3) is 0.158. The summed E-state index contributed by atoms with van der Waals surface area (Å²) in [4.78, 5) is 0. The van der Waals surface area contributed by atoms with Gasteiger partial charge in [0.15, 0.2) is 0 Å². The molecule has 0 aliphatic carbocycles. The molecule has 2 heteroatoms. The number of halogens is 1. The summed E-state index contributed by atoms with van der Waals surface area (Å²) in [5.41, 5.74) is 3.82. The minimum Gasteiger partial charge on any atom is -0.489 e. The molecule has 0 unspecified atom stereocenters. The van der Waals surface area contributed by atoms with E-state index < -0.39 is 0 Å². The molecule has 3 rings (SSSR count). The summed E-state index contributed by atoms with van der Waals surface area (Å²) in [7, 11) is 0. The van der Waals surface area contributed by atoms with Crippen molar-refractivity contribution in [2.24, 2.45) is 0 Å². The van der Waals surface area contributed by atoms with E-state index in [0.29, 0.717) is 6.61 Å². The quantitative estimate of drug-likeness (QED) is 0.585. The zero-order chi connectivity index (χ0) is 14.8. The van der Waals surface area contributed by atoms with Crippen LogP contribution in [0.15, 0.2) is 59.1 Å². The van der Waals surface area contributed by atoms with Gasteiger partial charge in [0.05, 0.1) is 0 Å². The summed E-state index contributed by atoms with van der Waals surface area (Å²) in [5.74, 6) is 0.902. The van der Waals surface area contributed by atoms with Crippen molar-refractivity contribution < 1.29 is 4.74 Å². The van der Waals surface area contributed by atoms with E-state index >= 15 is 0 Å². The topological polar surface area (TPSA) is 9.23 Å². The van der Waals surface area contributed by atoms with Crippen molar-refractivity contribution in [2.45, 2.75) is 20.5 Å². The van der Waals surface area contributed by atoms with E-state index in [9.17, 15) is 0 Å². The van der Waals surface area contributed by atoms with Gasteiger partial charge in [-0.05, 0) is 65.6 Å². The monoisotopic (exact) mass is 340 g/mol. The highest BCUT2D eigenvalue weighted by Crippen LogP contribution is 2.27. The number of ether oxygens (including phenoxy) is 1. The van der Waals surface area contributed by atoms with Crippen LogP contribution in [0.5, 0.6) is 5.75 Å². The van der Waals surface area contributed by atoms with Crippen molar-refractivity contribution in [3.63, 3.8) is 0 Å². The molecule has 0 atom stereocenters. The van der Waals surface area contributed by atoms with Crippen LogP contribution in [0.3, 0.4) is 0 Å². The molecule has 0 aromatic heterocycles. The second-order valence-corrected chi connectivity index (χ2v) is 6.18. The molecule has 0 N–H and O–H groups in total. The highest BCUT2D eigenvalue weighted by atomic mass is 79.9. The lowest BCUT2D eigenvalue weighted by Crippen LogP contribution is -1.96. The third-order valence-electron chi connectivity index (χ3n) is 3.78. The standard InChI is InChI=1S/C19H17BrO/c1-13-6-7-15(10-14(13)2)12-21-17-8-9-18-16(11-17)4-3-5-19(18)20/h3-11H,12H2,1-2H3. The molecular formula is C19H17BrO. The molecule has 0 spiro atoms. The van der Waals surface area contributed by atoms with E-state index in [1.807, 2.05) is 12.1 Å². The van der Waals surface area contributed by atoms with Crippen LogP contribution in [-0.2, 0) is 6.61 Å². The van der Waals surface area contributed by atoms with E-state index in [2.05, 4.69) is 72.2 Å². The lowest BCUT2D eigenvalue weighted by atomic mass is 10.1. The number of aryl methyl sites for hydroxylation is 2. The van der Waals surface area contributed by atoms with Gasteiger partial charge in [0.1, 0.15) is 12.4 Å². The molecule has 3 aromatic rings. The minimum atomic E-state index is 0.598. The zero-order valence-electron chi connectivity index (χ0n) is 12.2. The Morgan fingerprint density at radius 2 is 1.76 bits per heavy atom. The Hall–Kier alpha value is -1.80. The second kappa shape index (κ2) is 5.90. The predicted molar refractivity (Wildman–Crippen MR) is 91.9 cm³/mol. The van der Waals surface area contributed by atoms with Gasteiger partial charge in [0.25, 0.3) is 0 Å². The maximum Gasteiger partial charge on any atom is 0.120 e. The van der Waals surface area contributed by atoms with Crippen LogP contribution in [0.2, 0.25) is 0 Å². The molecule has 1 nitrogen and oxygen atoms in total. The summed E-state index contributed by atoms with van der Waals surface area (Å²) >= 11 is 3.57. The van der Waals surface area contributed by atoms with Crippen molar-refractivity contribution in [1.29, 1.82) is 0 Å². The number of hydrogen-bond acceptors (Lipinski definition) is 1.